The molecule has 0 aromatic carbocycles. The first kappa shape index (κ1) is 5.61. The van der Waals surface area contributed by atoms with E-state index in [1.54, 1.807) is 0 Å². The fourth-order valence-electron chi connectivity index (χ4n) is 0.341. The molecule has 1 heterocycles. The van der Waals surface area contributed by atoms with Crippen LogP contribution >= 0.6 is 0 Å². The lowest BCUT2D eigenvalue weighted by Gasteiger charge is -1.87. The lowest BCUT2D eigenvalue weighted by molar-refractivity contribution is 0.133. The van der Waals surface area contributed by atoms with Crippen molar-refractivity contribution >= 4 is 6.16 Å². The molecule has 0 amide bonds. The first-order valence-corrected chi connectivity index (χ1v) is 2.08. The van der Waals surface area contributed by atoms with E-state index in [0.717, 1.165) is 12.6 Å². The zero-order valence-corrected chi connectivity index (χ0v) is 4.27. The van der Waals surface area contributed by atoms with Crippen molar-refractivity contribution < 1.29 is 19.1 Å². The van der Waals surface area contributed by atoms with Gasteiger partial charge in [-0.1, -0.05) is 0 Å². The van der Waals surface area contributed by atoms with Crippen LogP contribution in [0, 0.1) is 0 Å². The fraction of sp³-hybridized carbons (Fsp3) is 0. The summed E-state index contributed by atoms with van der Waals surface area (Å²) in [6.45, 7) is 0. The number of hydrogen-bond acceptors (Lipinski definition) is 4. The summed E-state index contributed by atoms with van der Waals surface area (Å²) in [6.07, 6.45) is 0.832. The monoisotopic (exact) mass is 129 g/mol. The molecule has 0 atom stereocenters. The van der Waals surface area contributed by atoms with Crippen LogP contribution in [0.1, 0.15) is 0 Å². The highest BCUT2D eigenvalue weighted by Crippen LogP contribution is 2.06. The number of carboxylic acid groups (broad SMARTS) is 1. The van der Waals surface area contributed by atoms with Crippen LogP contribution in [0.5, 0.6) is 5.95 Å². The molecule has 9 heavy (non-hydrogen) atoms. The number of aromatic nitrogens is 1. The Bertz CT molecular complexity index is 192. The predicted molar refractivity (Wildman–Crippen MR) is 25.2 cm³/mol. The van der Waals surface area contributed by atoms with Crippen molar-refractivity contribution in [3.05, 3.63) is 12.6 Å². The fourth-order valence-corrected chi connectivity index (χ4v) is 0.341. The van der Waals surface area contributed by atoms with Crippen LogP contribution in [0.15, 0.2) is 17.0 Å². The molecule has 0 fully saturated rings. The van der Waals surface area contributed by atoms with Crippen molar-refractivity contribution in [2.45, 2.75) is 0 Å². The van der Waals surface area contributed by atoms with Crippen molar-refractivity contribution in [1.29, 1.82) is 0 Å². The minimum Gasteiger partial charge on any atom is -0.449 e. The molecule has 0 saturated carbocycles. The van der Waals surface area contributed by atoms with Gasteiger partial charge in [0, 0.05) is 0 Å². The summed E-state index contributed by atoms with van der Waals surface area (Å²) in [5.41, 5.74) is 0. The standard InChI is InChI=1S/C4H3NO4/c6-4(7)9-3-1-5-2-8-3/h1-2H,(H,6,7). The third kappa shape index (κ3) is 1.45. The van der Waals surface area contributed by atoms with Crippen molar-refractivity contribution in [2.75, 3.05) is 0 Å². The van der Waals surface area contributed by atoms with Gasteiger partial charge in [-0.05, 0) is 0 Å². The Balaban J connectivity index is 2.58. The van der Waals surface area contributed by atoms with Gasteiger partial charge in [-0.2, -0.15) is 0 Å². The maximum Gasteiger partial charge on any atom is 0.513 e. The summed E-state index contributed by atoms with van der Waals surface area (Å²) >= 11 is 0. The van der Waals surface area contributed by atoms with Gasteiger partial charge in [0.05, 0.1) is 0 Å². The molecule has 0 aliphatic heterocycles. The van der Waals surface area contributed by atoms with Crippen molar-refractivity contribution in [3.63, 3.8) is 0 Å². The minimum atomic E-state index is -1.41. The van der Waals surface area contributed by atoms with Crippen LogP contribution in [0.25, 0.3) is 0 Å². The molecule has 1 aromatic rings. The van der Waals surface area contributed by atoms with Crippen molar-refractivity contribution in [3.8, 4) is 5.95 Å². The number of oxazole rings is 1. The predicted octanol–water partition coefficient (Wildman–Crippen LogP) is 0.731. The molecule has 0 saturated heterocycles. The molecule has 5 nitrogen and oxygen atoms in total. The molecule has 0 aliphatic carbocycles. The van der Waals surface area contributed by atoms with Gasteiger partial charge in [-0.15, -0.1) is 0 Å². The van der Waals surface area contributed by atoms with Gasteiger partial charge in [-0.25, -0.2) is 9.78 Å². The lowest BCUT2D eigenvalue weighted by atomic mass is 10.9. The van der Waals surface area contributed by atoms with Crippen molar-refractivity contribution in [1.82, 2.24) is 4.98 Å². The van der Waals surface area contributed by atoms with Crippen LogP contribution in [-0.4, -0.2) is 16.2 Å². The number of carbonyl (C=O) groups is 1. The zero-order chi connectivity index (χ0) is 6.69. The van der Waals surface area contributed by atoms with Gasteiger partial charge in [-0.3, -0.25) is 0 Å². The van der Waals surface area contributed by atoms with Gasteiger partial charge in [0.15, 0.2) is 6.39 Å². The highest BCUT2D eigenvalue weighted by atomic mass is 16.7. The Morgan fingerprint density at radius 2 is 2.67 bits per heavy atom. The van der Waals surface area contributed by atoms with E-state index in [2.05, 4.69) is 14.1 Å². The van der Waals surface area contributed by atoms with Gasteiger partial charge < -0.3 is 14.3 Å². The van der Waals surface area contributed by atoms with E-state index in [1.807, 2.05) is 0 Å². The molecule has 1 N–H and O–H groups in total. The van der Waals surface area contributed by atoms with E-state index >= 15 is 0 Å². The SMILES string of the molecule is O=C(O)Oc1cnco1. The number of hydrogen-bond donors (Lipinski definition) is 1. The molecule has 5 heteroatoms. The van der Waals surface area contributed by atoms with E-state index in [4.69, 9.17) is 5.11 Å². The smallest absolute Gasteiger partial charge is 0.449 e. The summed E-state index contributed by atoms with van der Waals surface area (Å²) in [4.78, 5) is 13.2. The molecule has 0 spiro atoms. The largest absolute Gasteiger partial charge is 0.513 e. The molecular formula is C4H3NO4. The second kappa shape index (κ2) is 2.17. The topological polar surface area (TPSA) is 72.6 Å². The van der Waals surface area contributed by atoms with Crippen LogP contribution in [0.3, 0.4) is 0 Å². The first-order chi connectivity index (χ1) is 4.29. The highest BCUT2D eigenvalue weighted by molar-refractivity contribution is 5.59. The average Bonchev–Trinajstić information content (AvgIpc) is 2.15. The number of nitrogens with zero attached hydrogens (tertiary/aromatic N) is 1. The molecule has 1 rings (SSSR count). The summed E-state index contributed by atoms with van der Waals surface area (Å²) in [5, 5.41) is 7.98. The zero-order valence-electron chi connectivity index (χ0n) is 4.27. The maximum atomic E-state index is 9.76. The molecule has 0 unspecified atom stereocenters. The third-order valence-electron chi connectivity index (χ3n) is 0.598. The number of ether oxygens (including phenoxy) is 1. The Kier molecular flexibility index (Phi) is 1.35. The number of rotatable bonds is 1. The van der Waals surface area contributed by atoms with E-state index in [0.29, 0.717) is 0 Å². The third-order valence-corrected chi connectivity index (χ3v) is 0.598. The van der Waals surface area contributed by atoms with Gasteiger partial charge in [0.2, 0.25) is 0 Å². The minimum absolute atomic E-state index is 0.123. The molecule has 0 bridgehead atoms. The quantitative estimate of drug-likeness (QED) is 0.566. The van der Waals surface area contributed by atoms with Gasteiger partial charge in [0.1, 0.15) is 6.20 Å². The van der Waals surface area contributed by atoms with Crippen molar-refractivity contribution in [2.24, 2.45) is 0 Å². The van der Waals surface area contributed by atoms with Crippen LogP contribution in [0.2, 0.25) is 0 Å². The van der Waals surface area contributed by atoms with E-state index in [9.17, 15) is 4.79 Å². The molecule has 0 aliphatic rings. The normalized spacial score (nSPS) is 8.89. The molecule has 1 aromatic heterocycles. The Morgan fingerprint density at radius 3 is 3.11 bits per heavy atom. The average molecular weight is 129 g/mol. The van der Waals surface area contributed by atoms with Gasteiger partial charge in [0.25, 0.3) is 0 Å². The summed E-state index contributed by atoms with van der Waals surface area (Å²) < 4.78 is 8.47. The van der Waals surface area contributed by atoms with Crippen LogP contribution < -0.4 is 4.74 Å². The summed E-state index contributed by atoms with van der Waals surface area (Å²) in [6, 6.07) is 0. The van der Waals surface area contributed by atoms with Crippen LogP contribution in [0.4, 0.5) is 4.79 Å². The molecular weight excluding hydrogens is 126 g/mol. The van der Waals surface area contributed by atoms with E-state index in [1.165, 1.54) is 0 Å². The Morgan fingerprint density at radius 1 is 1.89 bits per heavy atom. The second-order valence-corrected chi connectivity index (χ2v) is 1.19. The second-order valence-electron chi connectivity index (χ2n) is 1.19. The highest BCUT2D eigenvalue weighted by Gasteiger charge is 2.01. The molecule has 0 radical (unpaired) electrons. The Hall–Kier alpha value is -1.52. The Labute approximate surface area is 49.9 Å². The molecule has 48 valence electrons. The van der Waals surface area contributed by atoms with Crippen LogP contribution in [-0.2, 0) is 0 Å². The summed E-state index contributed by atoms with van der Waals surface area (Å²) in [7, 11) is 0. The van der Waals surface area contributed by atoms with E-state index < -0.39 is 6.16 Å². The lowest BCUT2D eigenvalue weighted by Crippen LogP contribution is -2.01. The van der Waals surface area contributed by atoms with E-state index in [-0.39, 0.29) is 5.95 Å². The maximum absolute atomic E-state index is 9.76. The van der Waals surface area contributed by atoms with Gasteiger partial charge >= 0.3 is 12.1 Å². The summed E-state index contributed by atoms with van der Waals surface area (Å²) in [5.74, 6) is -0.123. The first-order valence-electron chi connectivity index (χ1n) is 2.08.